The lowest BCUT2D eigenvalue weighted by Crippen LogP contribution is -2.40. The first-order valence-electron chi connectivity index (χ1n) is 10.1. The van der Waals surface area contributed by atoms with E-state index in [1.807, 2.05) is 38.2 Å². The van der Waals surface area contributed by atoms with Gasteiger partial charge in [0.25, 0.3) is 0 Å². The predicted molar refractivity (Wildman–Crippen MR) is 109 cm³/mol. The van der Waals surface area contributed by atoms with Gasteiger partial charge in [0.2, 0.25) is 0 Å². The number of rotatable bonds is 6. The van der Waals surface area contributed by atoms with Crippen molar-refractivity contribution >= 4 is 5.96 Å². The molecule has 0 radical (unpaired) electrons. The Balaban J connectivity index is 1.52. The molecule has 2 fully saturated rings. The van der Waals surface area contributed by atoms with Crippen LogP contribution in [0.4, 0.5) is 4.39 Å². The molecule has 1 aromatic rings. The third kappa shape index (κ3) is 5.66. The van der Waals surface area contributed by atoms with Crippen molar-refractivity contribution in [3.8, 4) is 0 Å². The Hall–Kier alpha value is -1.66. The van der Waals surface area contributed by atoms with E-state index in [1.54, 1.807) is 6.07 Å². The van der Waals surface area contributed by atoms with E-state index in [1.165, 1.54) is 38.9 Å². The van der Waals surface area contributed by atoms with Crippen molar-refractivity contribution in [2.45, 2.75) is 32.4 Å². The topological polar surface area (TPSA) is 34.1 Å². The Bertz CT molecular complexity index is 639. The van der Waals surface area contributed by atoms with Crippen molar-refractivity contribution in [1.82, 2.24) is 20.0 Å². The SMILES string of the molecule is CN=C(NCc1ccc(F)c(CN(C)C)c1)N1CCC(CN2CCCC2)C1. The number of guanidine groups is 1. The zero-order valence-electron chi connectivity index (χ0n) is 17.0. The normalized spacial score (nSPS) is 21.4. The van der Waals surface area contributed by atoms with Crippen molar-refractivity contribution in [3.63, 3.8) is 0 Å². The summed E-state index contributed by atoms with van der Waals surface area (Å²) >= 11 is 0. The summed E-state index contributed by atoms with van der Waals surface area (Å²) in [5.74, 6) is 1.55. The molecule has 3 rings (SSSR count). The summed E-state index contributed by atoms with van der Waals surface area (Å²) in [6.07, 6.45) is 3.95. The molecular formula is C21H34FN5. The molecule has 1 N–H and O–H groups in total. The summed E-state index contributed by atoms with van der Waals surface area (Å²) < 4.78 is 14.0. The average Bonchev–Trinajstić information content (AvgIpc) is 3.30. The number of hydrogen-bond acceptors (Lipinski definition) is 3. The molecular weight excluding hydrogens is 341 g/mol. The first kappa shape index (κ1) is 20.1. The summed E-state index contributed by atoms with van der Waals surface area (Å²) in [5.41, 5.74) is 1.82. The van der Waals surface area contributed by atoms with Crippen molar-refractivity contribution in [1.29, 1.82) is 0 Å². The summed E-state index contributed by atoms with van der Waals surface area (Å²) in [4.78, 5) is 11.4. The Labute approximate surface area is 163 Å². The van der Waals surface area contributed by atoms with Crippen LogP contribution in [0, 0.1) is 11.7 Å². The first-order valence-corrected chi connectivity index (χ1v) is 10.1. The molecule has 0 saturated carbocycles. The van der Waals surface area contributed by atoms with E-state index in [2.05, 4.69) is 20.1 Å². The lowest BCUT2D eigenvalue weighted by atomic mass is 10.1. The van der Waals surface area contributed by atoms with Crippen molar-refractivity contribution in [2.75, 3.05) is 53.9 Å². The number of nitrogens with one attached hydrogen (secondary N) is 1. The number of hydrogen-bond donors (Lipinski definition) is 1. The molecule has 0 aliphatic carbocycles. The van der Waals surface area contributed by atoms with E-state index in [0.717, 1.165) is 36.1 Å². The van der Waals surface area contributed by atoms with E-state index in [9.17, 15) is 4.39 Å². The number of nitrogens with zero attached hydrogens (tertiary/aromatic N) is 4. The number of benzene rings is 1. The average molecular weight is 376 g/mol. The van der Waals surface area contributed by atoms with Gasteiger partial charge in [-0.05, 0) is 70.1 Å². The lowest BCUT2D eigenvalue weighted by molar-refractivity contribution is 0.281. The molecule has 2 saturated heterocycles. The van der Waals surface area contributed by atoms with Gasteiger partial charge in [0.05, 0.1) is 0 Å². The van der Waals surface area contributed by atoms with E-state index >= 15 is 0 Å². The zero-order chi connectivity index (χ0) is 19.2. The summed E-state index contributed by atoms with van der Waals surface area (Å²) in [7, 11) is 5.76. The summed E-state index contributed by atoms with van der Waals surface area (Å²) in [6, 6.07) is 5.38. The predicted octanol–water partition coefficient (Wildman–Crippen LogP) is 2.38. The van der Waals surface area contributed by atoms with Gasteiger partial charge >= 0.3 is 0 Å². The van der Waals surface area contributed by atoms with Crippen molar-refractivity contribution in [2.24, 2.45) is 10.9 Å². The monoisotopic (exact) mass is 375 g/mol. The largest absolute Gasteiger partial charge is 0.352 e. The lowest BCUT2D eigenvalue weighted by Gasteiger charge is -2.23. The minimum Gasteiger partial charge on any atom is -0.352 e. The van der Waals surface area contributed by atoms with Crippen LogP contribution in [-0.4, -0.2) is 74.5 Å². The summed E-state index contributed by atoms with van der Waals surface area (Å²) in [6.45, 7) is 7.17. The zero-order valence-corrected chi connectivity index (χ0v) is 17.0. The molecule has 150 valence electrons. The van der Waals surface area contributed by atoms with Crippen LogP contribution in [0.3, 0.4) is 0 Å². The highest BCUT2D eigenvalue weighted by molar-refractivity contribution is 5.80. The van der Waals surface area contributed by atoms with Crippen LogP contribution in [0.15, 0.2) is 23.2 Å². The van der Waals surface area contributed by atoms with Crippen molar-refractivity contribution in [3.05, 3.63) is 35.1 Å². The molecule has 6 heteroatoms. The van der Waals surface area contributed by atoms with E-state index < -0.39 is 0 Å². The first-order chi connectivity index (χ1) is 13.0. The molecule has 0 aromatic heterocycles. The van der Waals surface area contributed by atoms with E-state index in [-0.39, 0.29) is 5.82 Å². The second-order valence-corrected chi connectivity index (χ2v) is 8.17. The van der Waals surface area contributed by atoms with Crippen LogP contribution in [-0.2, 0) is 13.1 Å². The standard InChI is InChI=1S/C21H34FN5/c1-23-21(27-11-8-18(15-27)14-26-9-4-5-10-26)24-13-17-6-7-20(22)19(12-17)16-25(2)3/h6-7,12,18H,4-5,8-11,13-16H2,1-3H3,(H,23,24). The Morgan fingerprint density at radius 3 is 2.74 bits per heavy atom. The van der Waals surface area contributed by atoms with Gasteiger partial charge in [0.1, 0.15) is 5.82 Å². The van der Waals surface area contributed by atoms with Crippen LogP contribution < -0.4 is 5.32 Å². The van der Waals surface area contributed by atoms with Crippen LogP contribution in [0.25, 0.3) is 0 Å². The quantitative estimate of drug-likeness (QED) is 0.612. The molecule has 0 bridgehead atoms. The van der Waals surface area contributed by atoms with Gasteiger partial charge in [-0.25, -0.2) is 4.39 Å². The van der Waals surface area contributed by atoms with Crippen LogP contribution in [0.2, 0.25) is 0 Å². The minimum atomic E-state index is -0.138. The molecule has 27 heavy (non-hydrogen) atoms. The van der Waals surface area contributed by atoms with Gasteiger partial charge < -0.3 is 20.0 Å². The van der Waals surface area contributed by atoms with Gasteiger partial charge in [-0.1, -0.05) is 6.07 Å². The Morgan fingerprint density at radius 1 is 1.26 bits per heavy atom. The molecule has 2 aliphatic heterocycles. The molecule has 1 unspecified atom stereocenters. The maximum absolute atomic E-state index is 14.0. The smallest absolute Gasteiger partial charge is 0.193 e. The maximum atomic E-state index is 14.0. The third-order valence-electron chi connectivity index (χ3n) is 5.56. The molecule has 5 nitrogen and oxygen atoms in total. The number of halogens is 1. The molecule has 0 amide bonds. The van der Waals surface area contributed by atoms with Gasteiger partial charge in [-0.2, -0.15) is 0 Å². The molecule has 1 aromatic carbocycles. The van der Waals surface area contributed by atoms with Crippen LogP contribution in [0.1, 0.15) is 30.4 Å². The highest BCUT2D eigenvalue weighted by Crippen LogP contribution is 2.20. The number of likely N-dealkylation sites (tertiary alicyclic amines) is 2. The third-order valence-corrected chi connectivity index (χ3v) is 5.56. The molecule has 2 aliphatic rings. The van der Waals surface area contributed by atoms with Gasteiger partial charge in [0.15, 0.2) is 5.96 Å². The van der Waals surface area contributed by atoms with E-state index in [4.69, 9.17) is 0 Å². The number of aliphatic imine (C=N–C) groups is 1. The highest BCUT2D eigenvalue weighted by Gasteiger charge is 2.27. The second kappa shape index (κ2) is 9.51. The summed E-state index contributed by atoms with van der Waals surface area (Å²) in [5, 5.41) is 3.47. The van der Waals surface area contributed by atoms with Crippen molar-refractivity contribution < 1.29 is 4.39 Å². The minimum absolute atomic E-state index is 0.138. The fraction of sp³-hybridized carbons (Fsp3) is 0.667. The van der Waals surface area contributed by atoms with Gasteiger partial charge in [-0.3, -0.25) is 4.99 Å². The van der Waals surface area contributed by atoms with E-state index in [0.29, 0.717) is 13.1 Å². The van der Waals surface area contributed by atoms with Crippen LogP contribution in [0.5, 0.6) is 0 Å². The maximum Gasteiger partial charge on any atom is 0.193 e. The van der Waals surface area contributed by atoms with Gasteiger partial charge in [-0.15, -0.1) is 0 Å². The van der Waals surface area contributed by atoms with Crippen LogP contribution >= 0.6 is 0 Å². The fourth-order valence-corrected chi connectivity index (χ4v) is 4.22. The Kier molecular flexibility index (Phi) is 7.07. The molecule has 1 atom stereocenters. The molecule has 0 spiro atoms. The molecule has 2 heterocycles. The van der Waals surface area contributed by atoms with Gasteiger partial charge in [0, 0.05) is 45.3 Å². The highest BCUT2D eigenvalue weighted by atomic mass is 19.1. The Morgan fingerprint density at radius 2 is 2.04 bits per heavy atom. The second-order valence-electron chi connectivity index (χ2n) is 8.17. The fourth-order valence-electron chi connectivity index (χ4n) is 4.22.